The molecule has 3 fully saturated rings. The number of hydrogen-bond acceptors (Lipinski definition) is 9. The van der Waals surface area contributed by atoms with E-state index in [0.29, 0.717) is 55.7 Å². The maximum absolute atomic E-state index is 13.0. The van der Waals surface area contributed by atoms with Gasteiger partial charge in [-0.05, 0) is 24.3 Å². The number of likely N-dealkylation sites (tertiary alicyclic amines) is 1. The first-order chi connectivity index (χ1) is 19.6. The summed E-state index contributed by atoms with van der Waals surface area (Å²) in [7, 11) is 0. The summed E-state index contributed by atoms with van der Waals surface area (Å²) in [6.07, 6.45) is 11.3. The number of amides is 1. The van der Waals surface area contributed by atoms with Crippen LogP contribution in [0.3, 0.4) is 0 Å². The van der Waals surface area contributed by atoms with Gasteiger partial charge in [0.15, 0.2) is 0 Å². The Balaban J connectivity index is 1.21. The lowest BCUT2D eigenvalue weighted by Gasteiger charge is -2.24. The van der Waals surface area contributed by atoms with Crippen molar-refractivity contribution >= 4 is 34.0 Å². The van der Waals surface area contributed by atoms with E-state index >= 15 is 0 Å². The van der Waals surface area contributed by atoms with Gasteiger partial charge in [-0.25, -0.2) is 9.97 Å². The maximum atomic E-state index is 13.0. The lowest BCUT2D eigenvalue weighted by atomic mass is 10.1. The summed E-state index contributed by atoms with van der Waals surface area (Å²) in [6.45, 7) is 4.63. The van der Waals surface area contributed by atoms with Gasteiger partial charge >= 0.3 is 0 Å². The second-order valence-electron chi connectivity index (χ2n) is 9.97. The van der Waals surface area contributed by atoms with Crippen LogP contribution in [-0.2, 0) is 19.0 Å². The third-order valence-electron chi connectivity index (χ3n) is 7.14. The van der Waals surface area contributed by atoms with Crippen LogP contribution < -0.4 is 15.4 Å². The summed E-state index contributed by atoms with van der Waals surface area (Å²) in [6, 6.07) is 11.2. The molecule has 0 aliphatic carbocycles. The van der Waals surface area contributed by atoms with Gasteiger partial charge in [-0.3, -0.25) is 9.69 Å². The van der Waals surface area contributed by atoms with Crippen molar-refractivity contribution in [3.05, 3.63) is 60.4 Å². The average Bonchev–Trinajstić information content (AvgIpc) is 3.63. The van der Waals surface area contributed by atoms with Gasteiger partial charge in [0.1, 0.15) is 24.0 Å². The first-order valence-electron chi connectivity index (χ1n) is 13.4. The minimum absolute atomic E-state index is 0.0993. The lowest BCUT2D eigenvalue weighted by Crippen LogP contribution is -2.36. The van der Waals surface area contributed by atoms with Crippen molar-refractivity contribution < 1.29 is 23.7 Å². The van der Waals surface area contributed by atoms with E-state index < -0.39 is 0 Å². The predicted octanol–water partition coefficient (Wildman–Crippen LogP) is 3.12. The Morgan fingerprint density at radius 1 is 1.15 bits per heavy atom. The molecule has 3 atom stereocenters. The largest absolute Gasteiger partial charge is 0.486 e. The summed E-state index contributed by atoms with van der Waals surface area (Å²) in [5.74, 6) is 3.49. The fraction of sp³-hybridized carbons (Fsp3) is 0.367. The van der Waals surface area contributed by atoms with Crippen molar-refractivity contribution in [3.8, 4) is 18.1 Å². The van der Waals surface area contributed by atoms with E-state index in [1.807, 2.05) is 42.5 Å². The van der Waals surface area contributed by atoms with Crippen molar-refractivity contribution in [2.75, 3.05) is 56.7 Å². The quantitative estimate of drug-likeness (QED) is 0.329. The van der Waals surface area contributed by atoms with Crippen LogP contribution in [0.5, 0.6) is 5.75 Å². The maximum Gasteiger partial charge on any atom is 0.248 e. The molecule has 0 spiro atoms. The summed E-state index contributed by atoms with van der Waals surface area (Å²) < 4.78 is 23.3. The molecule has 4 heterocycles. The van der Waals surface area contributed by atoms with E-state index in [4.69, 9.17) is 25.4 Å². The monoisotopic (exact) mass is 541 g/mol. The third kappa shape index (κ3) is 6.08. The number of ether oxygens (including phenoxy) is 4. The molecule has 206 valence electrons. The molecule has 3 saturated heterocycles. The van der Waals surface area contributed by atoms with Crippen molar-refractivity contribution in [3.63, 3.8) is 0 Å². The molecule has 2 aromatic carbocycles. The molecule has 6 rings (SSSR count). The topological polar surface area (TPSA) is 107 Å². The number of terminal acetylenes is 1. The number of fused-ring (bicyclic) bond motifs is 2. The Hall–Kier alpha value is -4.01. The number of carbonyl (C=O) groups excluding carboxylic acids is 1. The zero-order valence-corrected chi connectivity index (χ0v) is 22.0. The highest BCUT2D eigenvalue weighted by atomic mass is 16.6. The van der Waals surface area contributed by atoms with Gasteiger partial charge in [-0.2, -0.15) is 0 Å². The van der Waals surface area contributed by atoms with E-state index in [-0.39, 0.29) is 24.2 Å². The van der Waals surface area contributed by atoms with E-state index in [0.717, 1.165) is 36.1 Å². The molecule has 0 saturated carbocycles. The molecule has 3 aliphatic heterocycles. The highest BCUT2D eigenvalue weighted by Gasteiger charge is 2.35. The summed E-state index contributed by atoms with van der Waals surface area (Å²) >= 11 is 0. The van der Waals surface area contributed by atoms with Gasteiger partial charge in [-0.15, -0.1) is 6.42 Å². The predicted molar refractivity (Wildman–Crippen MR) is 151 cm³/mol. The fourth-order valence-electron chi connectivity index (χ4n) is 5.16. The van der Waals surface area contributed by atoms with Crippen LogP contribution in [0.25, 0.3) is 10.9 Å². The molecule has 10 nitrogen and oxygen atoms in total. The molecule has 0 bridgehead atoms. The van der Waals surface area contributed by atoms with Gasteiger partial charge in [0.05, 0.1) is 49.8 Å². The minimum atomic E-state index is -0.260. The smallest absolute Gasteiger partial charge is 0.248 e. The van der Waals surface area contributed by atoms with Gasteiger partial charge < -0.3 is 29.6 Å². The number of anilines is 3. The van der Waals surface area contributed by atoms with Crippen LogP contribution in [0.4, 0.5) is 17.2 Å². The Morgan fingerprint density at radius 3 is 2.77 bits per heavy atom. The highest BCUT2D eigenvalue weighted by molar-refractivity contribution is 6.03. The molecule has 1 aromatic heterocycles. The van der Waals surface area contributed by atoms with E-state index in [2.05, 4.69) is 31.4 Å². The number of aromatic nitrogens is 2. The second-order valence-corrected chi connectivity index (χ2v) is 9.97. The van der Waals surface area contributed by atoms with Crippen LogP contribution in [0.2, 0.25) is 0 Å². The standard InChI is InChI=1S/C30H31N5O5/c1-2-20-5-3-6-21(13-20)33-30-23-14-25(26(15-24(23)31-19-32-30)40-22-8-10-37-18-22)34-29(36)7-4-9-35-16-27-28(17-35)39-12-11-38-27/h1,3-7,13-15,19,22,27-28H,8-12,16-18H2,(H,34,36)(H,31,32,33). The number of rotatable bonds is 8. The number of carbonyl (C=O) groups is 1. The molecule has 1 amide bonds. The summed E-state index contributed by atoms with van der Waals surface area (Å²) in [4.78, 5) is 24.1. The fourth-order valence-corrected chi connectivity index (χ4v) is 5.16. The van der Waals surface area contributed by atoms with Crippen molar-refractivity contribution in [2.24, 2.45) is 0 Å². The SMILES string of the molecule is C#Cc1cccc(Nc2ncnc3cc(OC4CCOC4)c(NC(=O)C=CCN4CC5OCCOC5C4)cc23)c1. The minimum Gasteiger partial charge on any atom is -0.486 e. The first kappa shape index (κ1) is 26.2. The molecule has 40 heavy (non-hydrogen) atoms. The van der Waals surface area contributed by atoms with Crippen LogP contribution in [-0.4, -0.2) is 85.1 Å². The Morgan fingerprint density at radius 2 is 2.00 bits per heavy atom. The molecule has 3 aliphatic rings. The number of nitrogens with one attached hydrogen (secondary N) is 2. The zero-order chi connectivity index (χ0) is 27.3. The van der Waals surface area contributed by atoms with E-state index in [1.54, 1.807) is 6.08 Å². The van der Waals surface area contributed by atoms with Gasteiger partial charge in [0.2, 0.25) is 5.91 Å². The summed E-state index contributed by atoms with van der Waals surface area (Å²) in [5.41, 5.74) is 2.75. The third-order valence-corrected chi connectivity index (χ3v) is 7.14. The van der Waals surface area contributed by atoms with Gasteiger partial charge in [0, 0.05) is 54.8 Å². The molecular formula is C30H31N5O5. The lowest BCUT2D eigenvalue weighted by molar-refractivity contribution is -0.116. The average molecular weight is 542 g/mol. The van der Waals surface area contributed by atoms with Crippen LogP contribution >= 0.6 is 0 Å². The number of benzene rings is 2. The Labute approximate surface area is 232 Å². The summed E-state index contributed by atoms with van der Waals surface area (Å²) in [5, 5.41) is 7.04. The van der Waals surface area contributed by atoms with Crippen molar-refractivity contribution in [2.45, 2.75) is 24.7 Å². The van der Waals surface area contributed by atoms with E-state index in [9.17, 15) is 4.79 Å². The first-order valence-corrected chi connectivity index (χ1v) is 13.4. The normalized spacial score (nSPS) is 22.7. The number of hydrogen-bond donors (Lipinski definition) is 2. The van der Waals surface area contributed by atoms with Crippen LogP contribution in [0, 0.1) is 12.3 Å². The van der Waals surface area contributed by atoms with Crippen molar-refractivity contribution in [1.82, 2.24) is 14.9 Å². The number of nitrogens with zero attached hydrogens (tertiary/aromatic N) is 3. The van der Waals surface area contributed by atoms with Crippen LogP contribution in [0.15, 0.2) is 54.9 Å². The molecule has 3 unspecified atom stereocenters. The zero-order valence-electron chi connectivity index (χ0n) is 22.0. The molecule has 3 aromatic rings. The van der Waals surface area contributed by atoms with Gasteiger partial charge in [-0.1, -0.05) is 18.1 Å². The van der Waals surface area contributed by atoms with Crippen LogP contribution in [0.1, 0.15) is 12.0 Å². The Kier molecular flexibility index (Phi) is 7.88. The molecular weight excluding hydrogens is 510 g/mol. The van der Waals surface area contributed by atoms with Crippen molar-refractivity contribution in [1.29, 1.82) is 0 Å². The second kappa shape index (κ2) is 12.0. The van der Waals surface area contributed by atoms with Gasteiger partial charge in [0.25, 0.3) is 0 Å². The Bertz CT molecular complexity index is 1430. The highest BCUT2D eigenvalue weighted by Crippen LogP contribution is 2.34. The molecule has 0 radical (unpaired) electrons. The van der Waals surface area contributed by atoms with E-state index in [1.165, 1.54) is 6.33 Å². The molecule has 2 N–H and O–H groups in total. The molecule has 10 heteroatoms.